The van der Waals surface area contributed by atoms with Gasteiger partial charge in [-0.25, -0.2) is 9.97 Å². The van der Waals surface area contributed by atoms with E-state index in [4.69, 9.17) is 9.47 Å². The smallest absolute Gasteiger partial charge is 0.256 e. The van der Waals surface area contributed by atoms with Gasteiger partial charge in [0.25, 0.3) is 5.91 Å². The van der Waals surface area contributed by atoms with Crippen LogP contribution < -0.4 is 14.8 Å². The molecule has 3 rings (SSSR count). The summed E-state index contributed by atoms with van der Waals surface area (Å²) in [4.78, 5) is 23.0. The molecule has 0 atom stereocenters. The number of ether oxygens (including phenoxy) is 2. The second-order valence-corrected chi connectivity index (χ2v) is 6.19. The Kier molecular flexibility index (Phi) is 5.88. The maximum absolute atomic E-state index is 12.6. The Hall–Kier alpha value is -2.83. The van der Waals surface area contributed by atoms with Crippen LogP contribution in [0.5, 0.6) is 11.5 Å². The lowest BCUT2D eigenvalue weighted by atomic mass is 10.2. The Bertz CT molecular complexity index is 741. The molecule has 1 aliphatic heterocycles. The summed E-state index contributed by atoms with van der Waals surface area (Å²) in [7, 11) is 3.19. The minimum absolute atomic E-state index is 0.000443. The van der Waals surface area contributed by atoms with Crippen LogP contribution in [0.4, 0.5) is 11.6 Å². The summed E-state index contributed by atoms with van der Waals surface area (Å²) in [6, 6.07) is 5.43. The van der Waals surface area contributed by atoms with Gasteiger partial charge in [0, 0.05) is 31.5 Å². The van der Waals surface area contributed by atoms with Gasteiger partial charge < -0.3 is 19.7 Å². The molecule has 1 saturated heterocycles. The molecule has 0 saturated carbocycles. The highest BCUT2D eigenvalue weighted by Crippen LogP contribution is 2.30. The van der Waals surface area contributed by atoms with Crippen LogP contribution in [0.15, 0.2) is 30.6 Å². The van der Waals surface area contributed by atoms with Crippen molar-refractivity contribution in [2.75, 3.05) is 32.6 Å². The first-order chi connectivity index (χ1) is 12.7. The van der Waals surface area contributed by atoms with E-state index in [1.165, 1.54) is 12.8 Å². The summed E-state index contributed by atoms with van der Waals surface area (Å²) >= 11 is 0. The second-order valence-electron chi connectivity index (χ2n) is 6.19. The van der Waals surface area contributed by atoms with E-state index < -0.39 is 0 Å². The highest BCUT2D eigenvalue weighted by Gasteiger charge is 2.18. The molecule has 0 radical (unpaired) electrons. The quantitative estimate of drug-likeness (QED) is 0.886. The van der Waals surface area contributed by atoms with Crippen molar-refractivity contribution >= 4 is 17.5 Å². The largest absolute Gasteiger partial charge is 0.497 e. The summed E-state index contributed by atoms with van der Waals surface area (Å²) in [5.41, 5.74) is 1.24. The van der Waals surface area contributed by atoms with Gasteiger partial charge in [-0.1, -0.05) is 12.8 Å². The third kappa shape index (κ3) is 4.22. The Morgan fingerprint density at radius 2 is 1.73 bits per heavy atom. The molecule has 1 aromatic carbocycles. The number of carbonyl (C=O) groups excluding carboxylic acids is 1. The molecule has 7 nitrogen and oxygen atoms in total. The van der Waals surface area contributed by atoms with E-state index in [1.807, 2.05) is 17.0 Å². The summed E-state index contributed by atoms with van der Waals surface area (Å²) in [5.74, 6) is 1.73. The zero-order chi connectivity index (χ0) is 18.4. The lowest BCUT2D eigenvalue weighted by Gasteiger charge is -2.20. The minimum atomic E-state index is 0.000443. The molecular formula is C19H24N4O3. The van der Waals surface area contributed by atoms with E-state index in [2.05, 4.69) is 15.3 Å². The minimum Gasteiger partial charge on any atom is -0.497 e. The van der Waals surface area contributed by atoms with E-state index in [0.717, 1.165) is 31.6 Å². The lowest BCUT2D eigenvalue weighted by molar-refractivity contribution is 0.0761. The number of carbonyl (C=O) groups is 1. The predicted molar refractivity (Wildman–Crippen MR) is 99.2 cm³/mol. The number of hydrogen-bond donors (Lipinski definition) is 1. The third-order valence-electron chi connectivity index (χ3n) is 4.45. The van der Waals surface area contributed by atoms with Crippen LogP contribution >= 0.6 is 0 Å². The van der Waals surface area contributed by atoms with Gasteiger partial charge in [-0.05, 0) is 25.0 Å². The van der Waals surface area contributed by atoms with Crippen LogP contribution in [0.3, 0.4) is 0 Å². The van der Waals surface area contributed by atoms with E-state index in [1.54, 1.807) is 32.7 Å². The number of anilines is 2. The Balaban J connectivity index is 1.70. The molecule has 1 aliphatic rings. The lowest BCUT2D eigenvalue weighted by Crippen LogP contribution is -2.32. The van der Waals surface area contributed by atoms with E-state index in [9.17, 15) is 4.79 Å². The molecule has 26 heavy (non-hydrogen) atoms. The van der Waals surface area contributed by atoms with Crippen LogP contribution in [-0.2, 0) is 0 Å². The predicted octanol–water partition coefficient (Wildman–Crippen LogP) is 3.25. The van der Waals surface area contributed by atoms with Crippen molar-refractivity contribution in [2.24, 2.45) is 0 Å². The SMILES string of the molecule is COc1ccc(Nc2ncc(C(=O)N3CCCCCC3)cn2)c(OC)c1. The number of hydrogen-bond acceptors (Lipinski definition) is 6. The van der Waals surface area contributed by atoms with E-state index in [-0.39, 0.29) is 5.91 Å². The Morgan fingerprint density at radius 3 is 2.35 bits per heavy atom. The van der Waals surface area contributed by atoms with E-state index >= 15 is 0 Å². The number of likely N-dealkylation sites (tertiary alicyclic amines) is 1. The first-order valence-corrected chi connectivity index (χ1v) is 8.81. The number of nitrogens with one attached hydrogen (secondary N) is 1. The monoisotopic (exact) mass is 356 g/mol. The molecule has 0 aliphatic carbocycles. The van der Waals surface area contributed by atoms with Crippen molar-refractivity contribution in [3.05, 3.63) is 36.2 Å². The van der Waals surface area contributed by atoms with Crippen LogP contribution in [0.25, 0.3) is 0 Å². The first kappa shape index (κ1) is 18.0. The number of benzene rings is 1. The van der Waals surface area contributed by atoms with Crippen LogP contribution in [0, 0.1) is 0 Å². The highest BCUT2D eigenvalue weighted by atomic mass is 16.5. The second kappa shape index (κ2) is 8.51. The van der Waals surface area contributed by atoms with Crippen molar-refractivity contribution in [1.29, 1.82) is 0 Å². The molecule has 1 aromatic heterocycles. The van der Waals surface area contributed by atoms with Gasteiger partial charge in [0.05, 0.1) is 25.5 Å². The van der Waals surface area contributed by atoms with Gasteiger partial charge in [0.2, 0.25) is 5.95 Å². The third-order valence-corrected chi connectivity index (χ3v) is 4.45. The topological polar surface area (TPSA) is 76.6 Å². The van der Waals surface area contributed by atoms with Crippen LogP contribution in [-0.4, -0.2) is 48.1 Å². The first-order valence-electron chi connectivity index (χ1n) is 8.81. The normalized spacial score (nSPS) is 14.5. The van der Waals surface area contributed by atoms with Crippen molar-refractivity contribution in [3.63, 3.8) is 0 Å². The van der Waals surface area contributed by atoms with Gasteiger partial charge in [-0.3, -0.25) is 4.79 Å². The molecule has 2 aromatic rings. The molecule has 0 spiro atoms. The zero-order valence-corrected chi connectivity index (χ0v) is 15.2. The fourth-order valence-electron chi connectivity index (χ4n) is 2.98. The Morgan fingerprint density at radius 1 is 1.04 bits per heavy atom. The number of amides is 1. The van der Waals surface area contributed by atoms with Crippen LogP contribution in [0.1, 0.15) is 36.0 Å². The standard InChI is InChI=1S/C19H24N4O3/c1-25-15-7-8-16(17(11-15)26-2)22-19-20-12-14(13-21-19)18(24)23-9-5-3-4-6-10-23/h7-8,11-13H,3-6,9-10H2,1-2H3,(H,20,21,22). The molecular weight excluding hydrogens is 332 g/mol. The fourth-order valence-corrected chi connectivity index (χ4v) is 2.98. The molecule has 138 valence electrons. The number of aromatic nitrogens is 2. The van der Waals surface area contributed by atoms with E-state index in [0.29, 0.717) is 23.0 Å². The summed E-state index contributed by atoms with van der Waals surface area (Å²) in [5, 5.41) is 3.10. The fraction of sp³-hybridized carbons (Fsp3) is 0.421. The highest BCUT2D eigenvalue weighted by molar-refractivity contribution is 5.93. The number of methoxy groups -OCH3 is 2. The average molecular weight is 356 g/mol. The van der Waals surface area contributed by atoms with Gasteiger partial charge in [-0.2, -0.15) is 0 Å². The van der Waals surface area contributed by atoms with Crippen LogP contribution in [0.2, 0.25) is 0 Å². The number of rotatable bonds is 5. The average Bonchev–Trinajstić information content (AvgIpc) is 2.98. The molecule has 0 unspecified atom stereocenters. The molecule has 1 amide bonds. The molecule has 1 fully saturated rings. The molecule has 2 heterocycles. The number of nitrogens with zero attached hydrogens (tertiary/aromatic N) is 3. The molecule has 1 N–H and O–H groups in total. The molecule has 7 heteroatoms. The maximum Gasteiger partial charge on any atom is 0.256 e. The van der Waals surface area contributed by atoms with Gasteiger partial charge >= 0.3 is 0 Å². The summed E-state index contributed by atoms with van der Waals surface area (Å²) < 4.78 is 10.5. The van der Waals surface area contributed by atoms with Crippen molar-refractivity contribution < 1.29 is 14.3 Å². The summed E-state index contributed by atoms with van der Waals surface area (Å²) in [6.07, 6.45) is 7.63. The van der Waals surface area contributed by atoms with Gasteiger partial charge in [0.15, 0.2) is 0 Å². The Labute approximate surface area is 153 Å². The van der Waals surface area contributed by atoms with Crippen molar-refractivity contribution in [3.8, 4) is 11.5 Å². The zero-order valence-electron chi connectivity index (χ0n) is 15.2. The van der Waals surface area contributed by atoms with Crippen molar-refractivity contribution in [1.82, 2.24) is 14.9 Å². The molecule has 0 bridgehead atoms. The maximum atomic E-state index is 12.6. The van der Waals surface area contributed by atoms with Gasteiger partial charge in [0.1, 0.15) is 11.5 Å². The van der Waals surface area contributed by atoms with Crippen molar-refractivity contribution in [2.45, 2.75) is 25.7 Å². The van der Waals surface area contributed by atoms with Gasteiger partial charge in [-0.15, -0.1) is 0 Å². The summed E-state index contributed by atoms with van der Waals surface area (Å²) in [6.45, 7) is 1.61.